The van der Waals surface area contributed by atoms with Crippen molar-refractivity contribution < 1.29 is 0 Å². The van der Waals surface area contributed by atoms with Crippen molar-refractivity contribution in [1.29, 1.82) is 0 Å². The molecule has 1 aliphatic rings. The standard InChI is InChI=1S/C16H26N2S/c1-3-11-19-12-15(17-4-2)14-9-5-7-13-8-6-10-18-16(13)14/h6,8,10,14-15,17H,3-5,7,9,11-12H2,1-2H3. The largest absolute Gasteiger partial charge is 0.313 e. The Balaban J connectivity index is 2.08. The van der Waals surface area contributed by atoms with Gasteiger partial charge in [0.25, 0.3) is 0 Å². The van der Waals surface area contributed by atoms with Crippen LogP contribution in [0, 0.1) is 0 Å². The van der Waals surface area contributed by atoms with Crippen LogP contribution in [0.1, 0.15) is 50.3 Å². The van der Waals surface area contributed by atoms with Gasteiger partial charge >= 0.3 is 0 Å². The normalized spacial score (nSPS) is 20.0. The summed E-state index contributed by atoms with van der Waals surface area (Å²) >= 11 is 2.08. The van der Waals surface area contributed by atoms with E-state index < -0.39 is 0 Å². The molecule has 0 spiro atoms. The molecule has 0 aromatic carbocycles. The summed E-state index contributed by atoms with van der Waals surface area (Å²) in [5.41, 5.74) is 2.83. The summed E-state index contributed by atoms with van der Waals surface area (Å²) in [6, 6.07) is 4.92. The molecule has 0 fully saturated rings. The minimum atomic E-state index is 0.579. The number of nitrogens with zero attached hydrogens (tertiary/aromatic N) is 1. The number of likely N-dealkylation sites (N-methyl/N-ethyl adjacent to an activating group) is 1. The third-order valence-electron chi connectivity index (χ3n) is 3.84. The van der Waals surface area contributed by atoms with Gasteiger partial charge in [0.2, 0.25) is 0 Å². The molecule has 1 heterocycles. The first-order valence-electron chi connectivity index (χ1n) is 7.61. The highest BCUT2D eigenvalue weighted by molar-refractivity contribution is 7.99. The van der Waals surface area contributed by atoms with Crippen LogP contribution in [0.3, 0.4) is 0 Å². The molecule has 0 saturated carbocycles. The summed E-state index contributed by atoms with van der Waals surface area (Å²) in [5.74, 6) is 3.08. The maximum absolute atomic E-state index is 4.68. The molecule has 19 heavy (non-hydrogen) atoms. The van der Waals surface area contributed by atoms with Gasteiger partial charge in [-0.05, 0) is 49.6 Å². The lowest BCUT2D eigenvalue weighted by molar-refractivity contribution is 0.418. The molecule has 2 unspecified atom stereocenters. The van der Waals surface area contributed by atoms with Crippen molar-refractivity contribution in [1.82, 2.24) is 10.3 Å². The van der Waals surface area contributed by atoms with Crippen LogP contribution in [0.4, 0.5) is 0 Å². The summed E-state index contributed by atoms with van der Waals surface area (Å²) in [6.07, 6.45) is 7.03. The van der Waals surface area contributed by atoms with Crippen LogP contribution in [-0.2, 0) is 6.42 Å². The van der Waals surface area contributed by atoms with E-state index in [4.69, 9.17) is 0 Å². The van der Waals surface area contributed by atoms with Gasteiger partial charge in [0.05, 0.1) is 0 Å². The van der Waals surface area contributed by atoms with Crippen molar-refractivity contribution in [2.75, 3.05) is 18.1 Å². The zero-order valence-corrected chi connectivity index (χ0v) is 13.0. The molecule has 0 amide bonds. The Labute approximate surface area is 121 Å². The van der Waals surface area contributed by atoms with E-state index in [-0.39, 0.29) is 0 Å². The molecular weight excluding hydrogens is 252 g/mol. The van der Waals surface area contributed by atoms with Crippen LogP contribution < -0.4 is 5.32 Å². The Kier molecular flexibility index (Phi) is 6.18. The van der Waals surface area contributed by atoms with Gasteiger partial charge in [-0.3, -0.25) is 4.98 Å². The number of hydrogen-bond acceptors (Lipinski definition) is 3. The molecule has 1 N–H and O–H groups in total. The third-order valence-corrected chi connectivity index (χ3v) is 5.13. The van der Waals surface area contributed by atoms with E-state index in [0.717, 1.165) is 6.54 Å². The average Bonchev–Trinajstić information content (AvgIpc) is 2.46. The summed E-state index contributed by atoms with van der Waals surface area (Å²) in [6.45, 7) is 5.52. The lowest BCUT2D eigenvalue weighted by Crippen LogP contribution is -2.39. The maximum atomic E-state index is 4.68. The molecule has 1 aromatic rings. The fraction of sp³-hybridized carbons (Fsp3) is 0.688. The number of nitrogens with one attached hydrogen (secondary N) is 1. The summed E-state index contributed by atoms with van der Waals surface area (Å²) in [4.78, 5) is 4.68. The molecule has 0 saturated heterocycles. The lowest BCUT2D eigenvalue weighted by atomic mass is 9.82. The van der Waals surface area contributed by atoms with Gasteiger partial charge < -0.3 is 5.32 Å². The fourth-order valence-electron chi connectivity index (χ4n) is 2.97. The van der Waals surface area contributed by atoms with Gasteiger partial charge in [-0.2, -0.15) is 11.8 Å². The van der Waals surface area contributed by atoms with E-state index in [1.807, 2.05) is 6.20 Å². The molecule has 3 heteroatoms. The first kappa shape index (κ1) is 14.9. The molecular formula is C16H26N2S. The van der Waals surface area contributed by atoms with Gasteiger partial charge in [0, 0.05) is 29.6 Å². The number of aryl methyl sites for hydroxylation is 1. The van der Waals surface area contributed by atoms with Crippen molar-refractivity contribution in [2.45, 2.75) is 51.5 Å². The van der Waals surface area contributed by atoms with Crippen LogP contribution in [0.5, 0.6) is 0 Å². The average molecular weight is 278 g/mol. The predicted octanol–water partition coefficient (Wildman–Crippen LogP) is 3.62. The van der Waals surface area contributed by atoms with Crippen LogP contribution in [0.25, 0.3) is 0 Å². The van der Waals surface area contributed by atoms with Crippen molar-refractivity contribution in [3.8, 4) is 0 Å². The monoisotopic (exact) mass is 278 g/mol. The smallest absolute Gasteiger partial charge is 0.0482 e. The molecule has 0 aliphatic heterocycles. The highest BCUT2D eigenvalue weighted by atomic mass is 32.2. The Morgan fingerprint density at radius 1 is 1.47 bits per heavy atom. The molecule has 2 rings (SSSR count). The van der Waals surface area contributed by atoms with Crippen LogP contribution >= 0.6 is 11.8 Å². The first-order valence-corrected chi connectivity index (χ1v) is 8.77. The molecule has 0 radical (unpaired) electrons. The maximum Gasteiger partial charge on any atom is 0.0482 e. The van der Waals surface area contributed by atoms with Crippen molar-refractivity contribution in [3.63, 3.8) is 0 Å². The Hall–Kier alpha value is -0.540. The summed E-state index contributed by atoms with van der Waals surface area (Å²) < 4.78 is 0. The molecule has 1 aliphatic carbocycles. The molecule has 106 valence electrons. The molecule has 2 atom stereocenters. The topological polar surface area (TPSA) is 24.9 Å². The number of aromatic nitrogens is 1. The SMILES string of the molecule is CCCSCC(NCC)C1CCCc2cccnc21. The summed E-state index contributed by atoms with van der Waals surface area (Å²) in [7, 11) is 0. The third kappa shape index (κ3) is 3.96. The zero-order valence-electron chi connectivity index (χ0n) is 12.2. The Morgan fingerprint density at radius 2 is 2.37 bits per heavy atom. The molecule has 0 bridgehead atoms. The quantitative estimate of drug-likeness (QED) is 0.771. The number of thioether (sulfide) groups is 1. The van der Waals surface area contributed by atoms with E-state index in [2.05, 4.69) is 48.0 Å². The van der Waals surface area contributed by atoms with E-state index in [1.165, 1.54) is 48.4 Å². The van der Waals surface area contributed by atoms with Crippen molar-refractivity contribution in [2.24, 2.45) is 0 Å². The zero-order chi connectivity index (χ0) is 13.5. The number of rotatable bonds is 7. The van der Waals surface area contributed by atoms with Gasteiger partial charge in [-0.1, -0.05) is 19.9 Å². The van der Waals surface area contributed by atoms with Crippen molar-refractivity contribution >= 4 is 11.8 Å². The minimum absolute atomic E-state index is 0.579. The predicted molar refractivity (Wildman–Crippen MR) is 85.0 cm³/mol. The van der Waals surface area contributed by atoms with Crippen molar-refractivity contribution in [3.05, 3.63) is 29.6 Å². The van der Waals surface area contributed by atoms with Gasteiger partial charge in [0.15, 0.2) is 0 Å². The van der Waals surface area contributed by atoms with E-state index in [9.17, 15) is 0 Å². The Morgan fingerprint density at radius 3 is 3.16 bits per heavy atom. The second-order valence-electron chi connectivity index (χ2n) is 5.29. The summed E-state index contributed by atoms with van der Waals surface area (Å²) in [5, 5.41) is 3.69. The molecule has 2 nitrogen and oxygen atoms in total. The molecule has 1 aromatic heterocycles. The van der Waals surface area contributed by atoms with Gasteiger partial charge in [-0.25, -0.2) is 0 Å². The second-order valence-corrected chi connectivity index (χ2v) is 6.44. The van der Waals surface area contributed by atoms with E-state index >= 15 is 0 Å². The highest BCUT2D eigenvalue weighted by Gasteiger charge is 2.28. The van der Waals surface area contributed by atoms with Crippen LogP contribution in [0.15, 0.2) is 18.3 Å². The van der Waals surface area contributed by atoms with E-state index in [0.29, 0.717) is 12.0 Å². The first-order chi connectivity index (χ1) is 9.36. The van der Waals surface area contributed by atoms with E-state index in [1.54, 1.807) is 0 Å². The van der Waals surface area contributed by atoms with Crippen LogP contribution in [-0.4, -0.2) is 29.1 Å². The number of hydrogen-bond donors (Lipinski definition) is 1. The van der Waals surface area contributed by atoms with Gasteiger partial charge in [0.1, 0.15) is 0 Å². The lowest BCUT2D eigenvalue weighted by Gasteiger charge is -2.31. The highest BCUT2D eigenvalue weighted by Crippen LogP contribution is 2.33. The fourth-order valence-corrected chi connectivity index (χ4v) is 4.03. The van der Waals surface area contributed by atoms with Crippen LogP contribution in [0.2, 0.25) is 0 Å². The number of pyridine rings is 1. The second kappa shape index (κ2) is 7.91. The number of fused-ring (bicyclic) bond motifs is 1. The Bertz CT molecular complexity index is 381. The van der Waals surface area contributed by atoms with Gasteiger partial charge in [-0.15, -0.1) is 0 Å². The minimum Gasteiger partial charge on any atom is -0.313 e.